The highest BCUT2D eigenvalue weighted by Gasteiger charge is 2.12. The molecule has 19 heavy (non-hydrogen) atoms. The van der Waals surface area contributed by atoms with Crippen molar-refractivity contribution < 1.29 is 9.84 Å². The van der Waals surface area contributed by atoms with E-state index in [0.29, 0.717) is 12.5 Å². The lowest BCUT2D eigenvalue weighted by Crippen LogP contribution is -2.38. The van der Waals surface area contributed by atoms with Crippen LogP contribution in [0.1, 0.15) is 45.1 Å². The molecule has 2 unspecified atom stereocenters. The van der Waals surface area contributed by atoms with Crippen LogP contribution >= 0.6 is 0 Å². The maximum absolute atomic E-state index is 9.31. The summed E-state index contributed by atoms with van der Waals surface area (Å²) in [5, 5.41) is 12.6. The topological polar surface area (TPSA) is 41.5 Å². The Labute approximate surface area is 117 Å². The molecule has 108 valence electrons. The van der Waals surface area contributed by atoms with Crippen molar-refractivity contribution in [3.63, 3.8) is 0 Å². The lowest BCUT2D eigenvalue weighted by Gasteiger charge is -2.20. The molecule has 1 rings (SSSR count). The van der Waals surface area contributed by atoms with Gasteiger partial charge < -0.3 is 15.2 Å². The normalized spacial score (nSPS) is 14.1. The summed E-state index contributed by atoms with van der Waals surface area (Å²) in [7, 11) is 0. The zero-order chi connectivity index (χ0) is 14.1. The van der Waals surface area contributed by atoms with Crippen molar-refractivity contribution in [3.8, 4) is 5.75 Å². The van der Waals surface area contributed by atoms with Gasteiger partial charge in [0, 0.05) is 0 Å². The molecule has 0 aliphatic carbocycles. The second kappa shape index (κ2) is 8.94. The molecule has 3 nitrogen and oxygen atoms in total. The lowest BCUT2D eigenvalue weighted by molar-refractivity contribution is 0.182. The Bertz CT molecular complexity index is 354. The van der Waals surface area contributed by atoms with E-state index < -0.39 is 0 Å². The van der Waals surface area contributed by atoms with Crippen LogP contribution in [0.25, 0.3) is 0 Å². The fourth-order valence-electron chi connectivity index (χ4n) is 1.95. The van der Waals surface area contributed by atoms with E-state index in [1.807, 2.05) is 18.2 Å². The van der Waals surface area contributed by atoms with Gasteiger partial charge in [0.25, 0.3) is 0 Å². The number of para-hydroxylation sites is 1. The monoisotopic (exact) mass is 265 g/mol. The van der Waals surface area contributed by atoms with Crippen molar-refractivity contribution in [1.29, 1.82) is 0 Å². The quantitative estimate of drug-likeness (QED) is 0.721. The number of aliphatic hydroxyl groups excluding tert-OH is 1. The Balaban J connectivity index is 2.61. The van der Waals surface area contributed by atoms with Gasteiger partial charge >= 0.3 is 0 Å². The van der Waals surface area contributed by atoms with E-state index in [1.165, 1.54) is 5.56 Å². The van der Waals surface area contributed by atoms with Crippen LogP contribution in [0.4, 0.5) is 0 Å². The van der Waals surface area contributed by atoms with Gasteiger partial charge in [0.05, 0.1) is 12.6 Å². The van der Waals surface area contributed by atoms with Crippen molar-refractivity contribution in [2.45, 2.75) is 45.6 Å². The van der Waals surface area contributed by atoms with Crippen LogP contribution in [0.2, 0.25) is 0 Å². The maximum atomic E-state index is 9.31. The fraction of sp³-hybridized carbons (Fsp3) is 0.625. The molecule has 2 atom stereocenters. The first-order chi connectivity index (χ1) is 9.22. The largest absolute Gasteiger partial charge is 0.492 e. The number of hydrogen-bond acceptors (Lipinski definition) is 3. The smallest absolute Gasteiger partial charge is 0.122 e. The van der Waals surface area contributed by atoms with Crippen LogP contribution in [-0.2, 0) is 0 Å². The molecule has 0 saturated carbocycles. The van der Waals surface area contributed by atoms with E-state index in [1.54, 1.807) is 0 Å². The summed E-state index contributed by atoms with van der Waals surface area (Å²) in [6.07, 6.45) is 2.15. The molecule has 3 heteroatoms. The van der Waals surface area contributed by atoms with Gasteiger partial charge in [-0.2, -0.15) is 0 Å². The lowest BCUT2D eigenvalue weighted by atomic mass is 9.98. The standard InChI is InChI=1S/C16H27NO2/c1-4-10-17-14(11-18)12-19-16-9-7-6-8-15(16)13(3)5-2/h6-9,13-14,17-18H,4-5,10-12H2,1-3H3. The zero-order valence-electron chi connectivity index (χ0n) is 12.4. The Morgan fingerprint density at radius 1 is 1.26 bits per heavy atom. The molecular weight excluding hydrogens is 238 g/mol. The summed E-state index contributed by atoms with van der Waals surface area (Å²) in [6.45, 7) is 8.01. The van der Waals surface area contributed by atoms with Gasteiger partial charge in [-0.15, -0.1) is 0 Å². The van der Waals surface area contributed by atoms with Gasteiger partial charge in [-0.05, 0) is 36.9 Å². The average molecular weight is 265 g/mol. The number of hydrogen-bond donors (Lipinski definition) is 2. The third kappa shape index (κ3) is 5.21. The summed E-state index contributed by atoms with van der Waals surface area (Å²) >= 11 is 0. The minimum atomic E-state index is 0.00457. The highest BCUT2D eigenvalue weighted by molar-refractivity contribution is 5.35. The van der Waals surface area contributed by atoms with Crippen LogP contribution in [0.3, 0.4) is 0 Å². The molecule has 0 radical (unpaired) electrons. The molecule has 0 amide bonds. The van der Waals surface area contributed by atoms with Crippen LogP contribution in [0.15, 0.2) is 24.3 Å². The second-order valence-corrected chi connectivity index (χ2v) is 4.99. The van der Waals surface area contributed by atoms with Crippen molar-refractivity contribution in [2.24, 2.45) is 0 Å². The fourth-order valence-corrected chi connectivity index (χ4v) is 1.95. The Kier molecular flexibility index (Phi) is 7.53. The number of ether oxygens (including phenoxy) is 1. The molecule has 0 heterocycles. The molecule has 0 fully saturated rings. The number of aliphatic hydroxyl groups is 1. The maximum Gasteiger partial charge on any atom is 0.122 e. The van der Waals surface area contributed by atoms with Gasteiger partial charge in [-0.25, -0.2) is 0 Å². The predicted molar refractivity (Wildman–Crippen MR) is 79.8 cm³/mol. The van der Waals surface area contributed by atoms with Gasteiger partial charge in [-0.1, -0.05) is 39.0 Å². The van der Waals surface area contributed by atoms with Crippen molar-refractivity contribution in [3.05, 3.63) is 29.8 Å². The third-order valence-electron chi connectivity index (χ3n) is 3.41. The number of benzene rings is 1. The first-order valence-corrected chi connectivity index (χ1v) is 7.28. The van der Waals surface area contributed by atoms with Gasteiger partial charge in [0.2, 0.25) is 0 Å². The van der Waals surface area contributed by atoms with Crippen molar-refractivity contribution in [1.82, 2.24) is 5.32 Å². The van der Waals surface area contributed by atoms with Crippen LogP contribution in [0, 0.1) is 0 Å². The van der Waals surface area contributed by atoms with E-state index in [9.17, 15) is 5.11 Å². The summed E-state index contributed by atoms with van der Waals surface area (Å²) in [4.78, 5) is 0. The highest BCUT2D eigenvalue weighted by Crippen LogP contribution is 2.28. The van der Waals surface area contributed by atoms with E-state index in [2.05, 4.69) is 32.2 Å². The Hall–Kier alpha value is -1.06. The van der Waals surface area contributed by atoms with Crippen LogP contribution in [-0.4, -0.2) is 30.9 Å². The molecule has 2 N–H and O–H groups in total. The SMILES string of the molecule is CCCNC(CO)COc1ccccc1C(C)CC. The van der Waals surface area contributed by atoms with Crippen LogP contribution in [0.5, 0.6) is 5.75 Å². The van der Waals surface area contributed by atoms with E-state index in [0.717, 1.165) is 25.1 Å². The zero-order valence-corrected chi connectivity index (χ0v) is 12.4. The van der Waals surface area contributed by atoms with Crippen molar-refractivity contribution >= 4 is 0 Å². The molecular formula is C16H27NO2. The number of nitrogens with one attached hydrogen (secondary N) is 1. The first kappa shape index (κ1) is 16.0. The third-order valence-corrected chi connectivity index (χ3v) is 3.41. The second-order valence-electron chi connectivity index (χ2n) is 4.99. The highest BCUT2D eigenvalue weighted by atomic mass is 16.5. The molecule has 1 aromatic carbocycles. The Morgan fingerprint density at radius 2 is 2.00 bits per heavy atom. The molecule has 0 aliphatic heterocycles. The molecule has 0 aliphatic rings. The summed E-state index contributed by atoms with van der Waals surface area (Å²) in [5.74, 6) is 1.43. The molecule has 0 saturated heterocycles. The van der Waals surface area contributed by atoms with E-state index in [-0.39, 0.29) is 12.6 Å². The van der Waals surface area contributed by atoms with Gasteiger partial charge in [0.1, 0.15) is 12.4 Å². The Morgan fingerprint density at radius 3 is 2.63 bits per heavy atom. The van der Waals surface area contributed by atoms with E-state index in [4.69, 9.17) is 4.74 Å². The van der Waals surface area contributed by atoms with Crippen molar-refractivity contribution in [2.75, 3.05) is 19.8 Å². The number of rotatable bonds is 9. The minimum Gasteiger partial charge on any atom is -0.492 e. The summed E-state index contributed by atoms with van der Waals surface area (Å²) in [5.41, 5.74) is 1.25. The van der Waals surface area contributed by atoms with E-state index >= 15 is 0 Å². The molecule has 0 spiro atoms. The molecule has 0 bridgehead atoms. The van der Waals surface area contributed by atoms with Gasteiger partial charge in [0.15, 0.2) is 0 Å². The van der Waals surface area contributed by atoms with Gasteiger partial charge in [-0.3, -0.25) is 0 Å². The van der Waals surface area contributed by atoms with Crippen LogP contribution < -0.4 is 10.1 Å². The average Bonchev–Trinajstić information content (AvgIpc) is 2.47. The molecule has 1 aromatic rings. The first-order valence-electron chi connectivity index (χ1n) is 7.28. The minimum absolute atomic E-state index is 0.00457. The summed E-state index contributed by atoms with van der Waals surface area (Å²) in [6, 6.07) is 8.18. The molecule has 0 aromatic heterocycles. The summed E-state index contributed by atoms with van der Waals surface area (Å²) < 4.78 is 5.89. The predicted octanol–water partition coefficient (Wildman–Crippen LogP) is 2.94.